The molecule has 0 atom stereocenters. The van der Waals surface area contributed by atoms with Crippen molar-refractivity contribution in [3.8, 4) is 0 Å². The molecular formula is C20H19FN4O. The first-order valence-corrected chi connectivity index (χ1v) is 8.27. The Morgan fingerprint density at radius 2 is 1.73 bits per heavy atom. The normalized spacial score (nSPS) is 10.4. The highest BCUT2D eigenvalue weighted by atomic mass is 19.1. The van der Waals surface area contributed by atoms with Gasteiger partial charge in [0.05, 0.1) is 0 Å². The quantitative estimate of drug-likeness (QED) is 0.714. The number of hydrogen-bond acceptors (Lipinski definition) is 4. The number of benzene rings is 2. The van der Waals surface area contributed by atoms with E-state index in [1.807, 2.05) is 30.3 Å². The molecule has 132 valence electrons. The van der Waals surface area contributed by atoms with E-state index in [0.29, 0.717) is 23.8 Å². The highest BCUT2D eigenvalue weighted by molar-refractivity contribution is 5.92. The Morgan fingerprint density at radius 1 is 1.00 bits per heavy atom. The Morgan fingerprint density at radius 3 is 2.50 bits per heavy atom. The Bertz CT molecular complexity index is 899. The van der Waals surface area contributed by atoms with Gasteiger partial charge in [-0.1, -0.05) is 48.5 Å². The van der Waals surface area contributed by atoms with E-state index in [1.54, 1.807) is 31.2 Å². The van der Waals surface area contributed by atoms with Gasteiger partial charge in [0, 0.05) is 24.7 Å². The van der Waals surface area contributed by atoms with Crippen molar-refractivity contribution in [2.45, 2.75) is 20.0 Å². The van der Waals surface area contributed by atoms with Gasteiger partial charge in [-0.15, -0.1) is 0 Å². The summed E-state index contributed by atoms with van der Waals surface area (Å²) in [6.07, 6.45) is 0. The molecule has 1 amide bonds. The first kappa shape index (κ1) is 17.5. The smallest absolute Gasteiger partial charge is 0.270 e. The summed E-state index contributed by atoms with van der Waals surface area (Å²) in [6.45, 7) is 2.40. The third kappa shape index (κ3) is 4.63. The fraction of sp³-hybridized carbons (Fsp3) is 0.150. The summed E-state index contributed by atoms with van der Waals surface area (Å²) in [6, 6.07) is 17.7. The molecule has 0 aliphatic rings. The number of rotatable bonds is 6. The Balaban J connectivity index is 1.67. The molecule has 3 aromatic rings. The summed E-state index contributed by atoms with van der Waals surface area (Å²) < 4.78 is 13.7. The van der Waals surface area contributed by atoms with Crippen molar-refractivity contribution in [3.05, 3.63) is 89.1 Å². The molecule has 0 fully saturated rings. The monoisotopic (exact) mass is 350 g/mol. The van der Waals surface area contributed by atoms with E-state index in [4.69, 9.17) is 0 Å². The second kappa shape index (κ2) is 8.20. The number of carbonyl (C=O) groups excluding carboxylic acids is 1. The molecule has 0 radical (unpaired) electrons. The van der Waals surface area contributed by atoms with Crippen LogP contribution in [0.5, 0.6) is 0 Å². The molecule has 0 aliphatic carbocycles. The fourth-order valence-corrected chi connectivity index (χ4v) is 2.47. The molecule has 6 heteroatoms. The largest absolute Gasteiger partial charge is 0.366 e. The highest BCUT2D eigenvalue weighted by Crippen LogP contribution is 2.12. The Kier molecular flexibility index (Phi) is 5.53. The topological polar surface area (TPSA) is 66.9 Å². The Labute approximate surface area is 151 Å². The summed E-state index contributed by atoms with van der Waals surface area (Å²) >= 11 is 0. The molecule has 0 saturated heterocycles. The number of aryl methyl sites for hydroxylation is 1. The maximum Gasteiger partial charge on any atom is 0.270 e. The van der Waals surface area contributed by atoms with Crippen molar-refractivity contribution in [1.82, 2.24) is 15.3 Å². The van der Waals surface area contributed by atoms with Gasteiger partial charge in [0.1, 0.15) is 23.2 Å². The minimum Gasteiger partial charge on any atom is -0.366 e. The van der Waals surface area contributed by atoms with Crippen LogP contribution in [-0.4, -0.2) is 15.9 Å². The maximum absolute atomic E-state index is 13.7. The molecule has 1 heterocycles. The predicted octanol–water partition coefficient (Wildman–Crippen LogP) is 3.47. The first-order chi connectivity index (χ1) is 12.6. The Hall–Kier alpha value is -3.28. The number of halogens is 1. The summed E-state index contributed by atoms with van der Waals surface area (Å²) in [5.74, 6) is 0.374. The lowest BCUT2D eigenvalue weighted by atomic mass is 10.2. The molecule has 0 unspecified atom stereocenters. The average molecular weight is 350 g/mol. The number of carbonyl (C=O) groups is 1. The van der Waals surface area contributed by atoms with Gasteiger partial charge in [-0.3, -0.25) is 4.79 Å². The number of aromatic nitrogens is 2. The molecule has 0 spiro atoms. The van der Waals surface area contributed by atoms with Gasteiger partial charge in [0.25, 0.3) is 5.91 Å². The van der Waals surface area contributed by atoms with Gasteiger partial charge < -0.3 is 10.6 Å². The third-order valence-electron chi connectivity index (χ3n) is 3.78. The second-order valence-electron chi connectivity index (χ2n) is 5.80. The van der Waals surface area contributed by atoms with Crippen LogP contribution in [0.3, 0.4) is 0 Å². The third-order valence-corrected chi connectivity index (χ3v) is 3.78. The van der Waals surface area contributed by atoms with Crippen molar-refractivity contribution in [2.24, 2.45) is 0 Å². The number of hydrogen-bond donors (Lipinski definition) is 2. The number of amides is 1. The lowest BCUT2D eigenvalue weighted by Gasteiger charge is -2.10. The molecule has 5 nitrogen and oxygen atoms in total. The zero-order chi connectivity index (χ0) is 18.4. The van der Waals surface area contributed by atoms with Gasteiger partial charge >= 0.3 is 0 Å². The van der Waals surface area contributed by atoms with Crippen molar-refractivity contribution >= 4 is 11.7 Å². The SMILES string of the molecule is Cc1nc(NCc2ccccc2F)cc(C(=O)NCc2ccccc2)n1. The number of nitrogens with zero attached hydrogens (tertiary/aromatic N) is 2. The van der Waals surface area contributed by atoms with E-state index in [1.165, 1.54) is 6.07 Å². The lowest BCUT2D eigenvalue weighted by Crippen LogP contribution is -2.24. The van der Waals surface area contributed by atoms with Crippen LogP contribution in [0.4, 0.5) is 10.2 Å². The number of anilines is 1. The van der Waals surface area contributed by atoms with E-state index in [0.717, 1.165) is 5.56 Å². The van der Waals surface area contributed by atoms with Crippen LogP contribution >= 0.6 is 0 Å². The molecule has 2 N–H and O–H groups in total. The van der Waals surface area contributed by atoms with Gasteiger partial charge in [-0.2, -0.15) is 0 Å². The van der Waals surface area contributed by atoms with Gasteiger partial charge in [0.15, 0.2) is 0 Å². The van der Waals surface area contributed by atoms with Crippen LogP contribution in [0, 0.1) is 12.7 Å². The molecule has 2 aromatic carbocycles. The van der Waals surface area contributed by atoms with E-state index in [9.17, 15) is 9.18 Å². The van der Waals surface area contributed by atoms with Crippen molar-refractivity contribution in [2.75, 3.05) is 5.32 Å². The van der Waals surface area contributed by atoms with Gasteiger partial charge in [-0.05, 0) is 18.6 Å². The zero-order valence-electron chi connectivity index (χ0n) is 14.4. The fourth-order valence-electron chi connectivity index (χ4n) is 2.47. The van der Waals surface area contributed by atoms with E-state index in [2.05, 4.69) is 20.6 Å². The molecule has 1 aromatic heterocycles. The zero-order valence-corrected chi connectivity index (χ0v) is 14.4. The standard InChI is InChI=1S/C20H19FN4O/c1-14-24-18(20(26)23-12-15-7-3-2-4-8-15)11-19(25-14)22-13-16-9-5-6-10-17(16)21/h2-11H,12-13H2,1H3,(H,23,26)(H,22,24,25). The van der Waals surface area contributed by atoms with Crippen molar-refractivity contribution in [3.63, 3.8) is 0 Å². The van der Waals surface area contributed by atoms with Crippen LogP contribution in [-0.2, 0) is 13.1 Å². The average Bonchev–Trinajstić information content (AvgIpc) is 2.66. The van der Waals surface area contributed by atoms with Gasteiger partial charge in [-0.25, -0.2) is 14.4 Å². The molecule has 3 rings (SSSR count). The highest BCUT2D eigenvalue weighted by Gasteiger charge is 2.11. The maximum atomic E-state index is 13.7. The van der Waals surface area contributed by atoms with Crippen LogP contribution in [0.1, 0.15) is 27.4 Å². The number of nitrogens with one attached hydrogen (secondary N) is 2. The summed E-state index contributed by atoms with van der Waals surface area (Å²) in [5.41, 5.74) is 1.80. The van der Waals surface area contributed by atoms with Crippen molar-refractivity contribution < 1.29 is 9.18 Å². The summed E-state index contributed by atoms with van der Waals surface area (Å²) in [5, 5.41) is 5.88. The minimum absolute atomic E-state index is 0.268. The summed E-state index contributed by atoms with van der Waals surface area (Å²) in [4.78, 5) is 20.8. The van der Waals surface area contributed by atoms with Gasteiger partial charge in [0.2, 0.25) is 0 Å². The minimum atomic E-state index is -0.286. The van der Waals surface area contributed by atoms with Crippen LogP contribution in [0.2, 0.25) is 0 Å². The van der Waals surface area contributed by atoms with E-state index < -0.39 is 0 Å². The van der Waals surface area contributed by atoms with Crippen molar-refractivity contribution in [1.29, 1.82) is 0 Å². The molecule has 0 bridgehead atoms. The van der Waals surface area contributed by atoms with E-state index in [-0.39, 0.29) is 24.0 Å². The molecule has 0 saturated carbocycles. The molecular weight excluding hydrogens is 331 g/mol. The molecule has 26 heavy (non-hydrogen) atoms. The van der Waals surface area contributed by atoms with Crippen LogP contribution in [0.25, 0.3) is 0 Å². The summed E-state index contributed by atoms with van der Waals surface area (Å²) in [7, 11) is 0. The lowest BCUT2D eigenvalue weighted by molar-refractivity contribution is 0.0945. The molecule has 0 aliphatic heterocycles. The predicted molar refractivity (Wildman–Crippen MR) is 98.1 cm³/mol. The first-order valence-electron chi connectivity index (χ1n) is 8.27. The second-order valence-corrected chi connectivity index (χ2v) is 5.80. The van der Waals surface area contributed by atoms with Crippen LogP contribution < -0.4 is 10.6 Å². The van der Waals surface area contributed by atoms with Crippen LogP contribution in [0.15, 0.2) is 60.7 Å². The van der Waals surface area contributed by atoms with E-state index >= 15 is 0 Å².